The number of nitrogens with zero attached hydrogens (tertiary/aromatic N) is 2. The van der Waals surface area contributed by atoms with Crippen LogP contribution in [0.25, 0.3) is 17.2 Å². The second-order valence-corrected chi connectivity index (χ2v) is 12.7. The summed E-state index contributed by atoms with van der Waals surface area (Å²) in [5, 5.41) is 9.59. The van der Waals surface area contributed by atoms with E-state index in [9.17, 15) is 9.59 Å². The van der Waals surface area contributed by atoms with Crippen molar-refractivity contribution in [3.63, 3.8) is 0 Å². The predicted molar refractivity (Wildman–Crippen MR) is 183 cm³/mol. The highest BCUT2D eigenvalue weighted by molar-refractivity contribution is 8.26. The largest absolute Gasteiger partial charge is 0.494 e. The number of hydrogen-bond donors (Lipinski definition) is 1. The molecular weight excluding hydrogens is 632 g/mol. The van der Waals surface area contributed by atoms with Crippen molar-refractivity contribution in [2.75, 3.05) is 46.0 Å². The summed E-state index contributed by atoms with van der Waals surface area (Å²) in [6.07, 6.45) is 4.85. The lowest BCUT2D eigenvalue weighted by Crippen LogP contribution is -2.29. The Hall–Kier alpha value is -3.57. The molecule has 2 fully saturated rings. The normalized spacial score (nSPS) is 16.0. The van der Waals surface area contributed by atoms with E-state index < -0.39 is 5.97 Å². The lowest BCUT2D eigenvalue weighted by Gasteiger charge is -2.17. The van der Waals surface area contributed by atoms with E-state index in [4.69, 9.17) is 43.1 Å². The van der Waals surface area contributed by atoms with Gasteiger partial charge in [-0.05, 0) is 105 Å². The van der Waals surface area contributed by atoms with E-state index in [1.54, 1.807) is 17.0 Å². The maximum absolute atomic E-state index is 13.5. The Morgan fingerprint density at radius 1 is 0.956 bits per heavy atom. The zero-order valence-electron chi connectivity index (χ0n) is 25.0. The predicted octanol–water partition coefficient (Wildman–Crippen LogP) is 7.25. The number of halogens is 1. The quantitative estimate of drug-likeness (QED) is 0.109. The number of amides is 1. The topological polar surface area (TPSA) is 88.5 Å². The van der Waals surface area contributed by atoms with Crippen molar-refractivity contribution in [2.45, 2.75) is 26.2 Å². The molecule has 0 unspecified atom stereocenters. The van der Waals surface area contributed by atoms with Gasteiger partial charge in [-0.2, -0.15) is 0 Å². The number of rotatable bonds is 14. The smallest absolute Gasteiger partial charge is 0.335 e. The highest BCUT2D eigenvalue weighted by Crippen LogP contribution is 2.37. The average Bonchev–Trinajstić information content (AvgIpc) is 3.64. The number of likely N-dealkylation sites (tertiary alicyclic amines) is 1. The standard InChI is InChI=1S/C34H35ClN2O6S2/c1-2-41-30-13-9-25(21-28(30)35)24-8-12-29(43-19-17-36-14-3-4-15-36)26(20-24)22-31-32(38)37(34(44)45-31)16-5-18-42-27-10-6-23(7-11-27)33(39)40/h6-13,20-22H,2-5,14-19H2,1H3,(H,39,40). The molecule has 45 heavy (non-hydrogen) atoms. The fourth-order valence-corrected chi connectivity index (χ4v) is 6.69. The zero-order chi connectivity index (χ0) is 31.8. The number of carbonyl (C=O) groups excluding carboxylic acids is 1. The van der Waals surface area contributed by atoms with E-state index in [2.05, 4.69) is 4.90 Å². The minimum atomic E-state index is -0.989. The van der Waals surface area contributed by atoms with Crippen molar-refractivity contribution in [3.05, 3.63) is 81.7 Å². The molecule has 0 bridgehead atoms. The van der Waals surface area contributed by atoms with Crippen molar-refractivity contribution < 1.29 is 28.9 Å². The monoisotopic (exact) mass is 666 g/mol. The van der Waals surface area contributed by atoms with Crippen molar-refractivity contribution in [2.24, 2.45) is 0 Å². The lowest BCUT2D eigenvalue weighted by molar-refractivity contribution is -0.122. The van der Waals surface area contributed by atoms with Gasteiger partial charge in [0.2, 0.25) is 0 Å². The third-order valence-electron chi connectivity index (χ3n) is 7.49. The molecule has 2 heterocycles. The number of carboxylic acids is 1. The summed E-state index contributed by atoms with van der Waals surface area (Å²) in [5.74, 6) is 0.749. The minimum Gasteiger partial charge on any atom is -0.494 e. The first-order valence-electron chi connectivity index (χ1n) is 15.0. The molecule has 0 atom stereocenters. The third kappa shape index (κ3) is 8.58. The van der Waals surface area contributed by atoms with E-state index in [-0.39, 0.29) is 11.5 Å². The van der Waals surface area contributed by atoms with Gasteiger partial charge in [-0.25, -0.2) is 4.79 Å². The number of carbonyl (C=O) groups is 2. The van der Waals surface area contributed by atoms with Crippen LogP contribution in [-0.4, -0.2) is 77.1 Å². The molecule has 2 aliphatic heterocycles. The molecular formula is C34H35ClN2O6S2. The first-order valence-corrected chi connectivity index (χ1v) is 16.6. The zero-order valence-corrected chi connectivity index (χ0v) is 27.4. The van der Waals surface area contributed by atoms with Crippen LogP contribution in [0.3, 0.4) is 0 Å². The van der Waals surface area contributed by atoms with E-state index >= 15 is 0 Å². The number of benzene rings is 3. The van der Waals surface area contributed by atoms with Crippen LogP contribution < -0.4 is 14.2 Å². The number of hydrogen-bond acceptors (Lipinski definition) is 8. The Labute approximate surface area is 277 Å². The number of thioether (sulfide) groups is 1. The number of carboxylic acid groups (broad SMARTS) is 1. The molecule has 8 nitrogen and oxygen atoms in total. The fraction of sp³-hybridized carbons (Fsp3) is 0.324. The van der Waals surface area contributed by atoms with Gasteiger partial charge in [0.25, 0.3) is 5.91 Å². The third-order valence-corrected chi connectivity index (χ3v) is 9.17. The van der Waals surface area contributed by atoms with E-state index in [0.717, 1.165) is 36.3 Å². The van der Waals surface area contributed by atoms with Gasteiger partial charge >= 0.3 is 5.97 Å². The molecule has 3 aromatic rings. The molecule has 0 aromatic heterocycles. The summed E-state index contributed by atoms with van der Waals surface area (Å²) >= 11 is 13.3. The molecule has 0 spiro atoms. The van der Waals surface area contributed by atoms with Gasteiger partial charge in [0.15, 0.2) is 0 Å². The fourth-order valence-electron chi connectivity index (χ4n) is 5.16. The van der Waals surface area contributed by atoms with Crippen LogP contribution in [0.1, 0.15) is 42.1 Å². The van der Waals surface area contributed by atoms with Crippen LogP contribution in [-0.2, 0) is 4.79 Å². The van der Waals surface area contributed by atoms with E-state index in [0.29, 0.717) is 64.3 Å². The Morgan fingerprint density at radius 3 is 2.36 bits per heavy atom. The summed E-state index contributed by atoms with van der Waals surface area (Å²) in [6, 6.07) is 17.9. The van der Waals surface area contributed by atoms with E-state index in [1.165, 1.54) is 36.7 Å². The Kier molecular flexibility index (Phi) is 11.4. The van der Waals surface area contributed by atoms with Crippen LogP contribution in [0.4, 0.5) is 0 Å². The summed E-state index contributed by atoms with van der Waals surface area (Å²) in [4.78, 5) is 29.0. The molecule has 0 aliphatic carbocycles. The van der Waals surface area contributed by atoms with Crippen molar-refractivity contribution >= 4 is 57.9 Å². The van der Waals surface area contributed by atoms with Gasteiger partial charge in [0.1, 0.15) is 28.2 Å². The lowest BCUT2D eigenvalue weighted by atomic mass is 10.0. The molecule has 236 valence electrons. The highest BCUT2D eigenvalue weighted by atomic mass is 35.5. The average molecular weight is 667 g/mol. The van der Waals surface area contributed by atoms with Crippen LogP contribution in [0.2, 0.25) is 5.02 Å². The number of ether oxygens (including phenoxy) is 3. The maximum Gasteiger partial charge on any atom is 0.335 e. The van der Waals surface area contributed by atoms with Crippen LogP contribution in [0.5, 0.6) is 17.2 Å². The molecule has 3 aromatic carbocycles. The van der Waals surface area contributed by atoms with E-state index in [1.807, 2.05) is 49.4 Å². The summed E-state index contributed by atoms with van der Waals surface area (Å²) in [6.45, 7) is 6.79. The maximum atomic E-state index is 13.5. The van der Waals surface area contributed by atoms with Crippen molar-refractivity contribution in [3.8, 4) is 28.4 Å². The minimum absolute atomic E-state index is 0.159. The van der Waals surface area contributed by atoms with Gasteiger partial charge in [-0.15, -0.1) is 0 Å². The summed E-state index contributed by atoms with van der Waals surface area (Å²) < 4.78 is 18.1. The molecule has 2 aliphatic rings. The Bertz CT molecular complexity index is 1570. The molecule has 1 N–H and O–H groups in total. The first-order chi connectivity index (χ1) is 21.8. The van der Waals surface area contributed by atoms with Gasteiger partial charge < -0.3 is 19.3 Å². The molecule has 1 amide bonds. The Morgan fingerprint density at radius 2 is 1.67 bits per heavy atom. The summed E-state index contributed by atoms with van der Waals surface area (Å²) in [7, 11) is 0. The van der Waals surface area contributed by atoms with Gasteiger partial charge in [-0.3, -0.25) is 14.6 Å². The molecule has 0 saturated carbocycles. The Balaban J connectivity index is 1.29. The van der Waals surface area contributed by atoms with Gasteiger partial charge in [-0.1, -0.05) is 47.7 Å². The van der Waals surface area contributed by atoms with Crippen LogP contribution in [0, 0.1) is 0 Å². The van der Waals surface area contributed by atoms with Crippen LogP contribution >= 0.6 is 35.6 Å². The SMILES string of the molecule is CCOc1ccc(-c2ccc(OCCN3CCCC3)c(C=C3SC(=S)N(CCCOc4ccc(C(=O)O)cc4)C3=O)c2)cc1Cl. The second-order valence-electron chi connectivity index (χ2n) is 10.6. The first kappa shape index (κ1) is 32.8. The molecule has 11 heteroatoms. The van der Waals surface area contributed by atoms with Gasteiger partial charge in [0, 0.05) is 18.7 Å². The number of thiocarbonyl (C=S) groups is 1. The number of aromatic carboxylic acids is 1. The molecule has 5 rings (SSSR count). The molecule has 0 radical (unpaired) electrons. The summed E-state index contributed by atoms with van der Waals surface area (Å²) in [5.41, 5.74) is 2.84. The van der Waals surface area contributed by atoms with Crippen LogP contribution in [0.15, 0.2) is 65.6 Å². The van der Waals surface area contributed by atoms with Crippen molar-refractivity contribution in [1.29, 1.82) is 0 Å². The van der Waals surface area contributed by atoms with Crippen molar-refractivity contribution in [1.82, 2.24) is 9.80 Å². The van der Waals surface area contributed by atoms with Gasteiger partial charge in [0.05, 0.1) is 28.7 Å². The molecule has 2 saturated heterocycles. The highest BCUT2D eigenvalue weighted by Gasteiger charge is 2.32. The second kappa shape index (κ2) is 15.6.